The quantitative estimate of drug-likeness (QED) is 0.635. The Hall–Kier alpha value is -0.190. The fourth-order valence-electron chi connectivity index (χ4n) is 2.61. The van der Waals surface area contributed by atoms with Crippen LogP contribution in [-0.4, -0.2) is 37.3 Å². The van der Waals surface area contributed by atoms with Gasteiger partial charge in [0, 0.05) is 37.1 Å². The van der Waals surface area contributed by atoms with Crippen LogP contribution >= 0.6 is 36.6 Å². The summed E-state index contributed by atoms with van der Waals surface area (Å²) >= 11 is 1.80. The Balaban J connectivity index is 0.00000200. The first-order valence-corrected chi connectivity index (χ1v) is 8.16. The molecule has 2 nitrogen and oxygen atoms in total. The Morgan fingerprint density at radius 2 is 1.81 bits per heavy atom. The second kappa shape index (κ2) is 10.5. The average molecular weight is 349 g/mol. The van der Waals surface area contributed by atoms with Crippen LogP contribution in [0.4, 0.5) is 0 Å². The third-order valence-electron chi connectivity index (χ3n) is 3.63. The molecule has 0 bridgehead atoms. The molecule has 0 spiro atoms. The SMILES string of the molecule is C=C(C)C[C@H](c1ccc(SC)cc1)N1CCNCC1.Cl.Cl. The molecule has 1 aromatic rings. The van der Waals surface area contributed by atoms with E-state index in [1.165, 1.54) is 16.0 Å². The smallest absolute Gasteiger partial charge is 0.0386 e. The maximum atomic E-state index is 4.10. The van der Waals surface area contributed by atoms with Gasteiger partial charge in [-0.15, -0.1) is 43.2 Å². The minimum Gasteiger partial charge on any atom is -0.314 e. The predicted octanol–water partition coefficient (Wildman–Crippen LogP) is 4.16. The summed E-state index contributed by atoms with van der Waals surface area (Å²) in [5.41, 5.74) is 2.68. The topological polar surface area (TPSA) is 15.3 Å². The largest absolute Gasteiger partial charge is 0.314 e. The first-order valence-electron chi connectivity index (χ1n) is 6.94. The number of piperazine rings is 1. The van der Waals surface area contributed by atoms with Crippen molar-refractivity contribution in [3.63, 3.8) is 0 Å². The number of halogens is 2. The summed E-state index contributed by atoms with van der Waals surface area (Å²) in [6.07, 6.45) is 3.18. The van der Waals surface area contributed by atoms with Gasteiger partial charge in [-0.05, 0) is 37.3 Å². The molecule has 5 heteroatoms. The molecular weight excluding hydrogens is 323 g/mol. The molecule has 1 saturated heterocycles. The zero-order chi connectivity index (χ0) is 13.7. The van der Waals surface area contributed by atoms with Crippen molar-refractivity contribution in [3.8, 4) is 0 Å². The highest BCUT2D eigenvalue weighted by molar-refractivity contribution is 7.98. The third-order valence-corrected chi connectivity index (χ3v) is 4.38. The van der Waals surface area contributed by atoms with Gasteiger partial charge >= 0.3 is 0 Å². The van der Waals surface area contributed by atoms with Gasteiger partial charge in [-0.25, -0.2) is 0 Å². The second-order valence-electron chi connectivity index (χ2n) is 5.24. The average Bonchev–Trinajstić information content (AvgIpc) is 2.46. The van der Waals surface area contributed by atoms with Crippen LogP contribution in [0.1, 0.15) is 24.9 Å². The Morgan fingerprint density at radius 1 is 1.24 bits per heavy atom. The lowest BCUT2D eigenvalue weighted by atomic mass is 9.98. The Labute approximate surface area is 145 Å². The molecule has 0 amide bonds. The molecule has 1 aliphatic heterocycles. The predicted molar refractivity (Wildman–Crippen MR) is 99.3 cm³/mol. The van der Waals surface area contributed by atoms with Crippen LogP contribution in [0.15, 0.2) is 41.3 Å². The second-order valence-corrected chi connectivity index (χ2v) is 6.12. The summed E-state index contributed by atoms with van der Waals surface area (Å²) in [4.78, 5) is 3.91. The highest BCUT2D eigenvalue weighted by atomic mass is 35.5. The van der Waals surface area contributed by atoms with Crippen LogP contribution in [0.25, 0.3) is 0 Å². The van der Waals surface area contributed by atoms with Crippen LogP contribution in [-0.2, 0) is 0 Å². The van der Waals surface area contributed by atoms with Gasteiger partial charge in [0.15, 0.2) is 0 Å². The van der Waals surface area contributed by atoms with Gasteiger partial charge in [-0.1, -0.05) is 17.7 Å². The van der Waals surface area contributed by atoms with Crippen molar-refractivity contribution in [1.82, 2.24) is 10.2 Å². The monoisotopic (exact) mass is 348 g/mol. The first kappa shape index (κ1) is 20.8. The molecule has 1 N–H and O–H groups in total. The van der Waals surface area contributed by atoms with Crippen molar-refractivity contribution in [3.05, 3.63) is 42.0 Å². The molecule has 0 unspecified atom stereocenters. The van der Waals surface area contributed by atoms with E-state index in [0.717, 1.165) is 32.6 Å². The van der Waals surface area contributed by atoms with E-state index in [1.807, 2.05) is 0 Å². The molecule has 1 aliphatic rings. The molecule has 2 rings (SSSR count). The maximum Gasteiger partial charge on any atom is 0.0386 e. The molecule has 1 atom stereocenters. The van der Waals surface area contributed by atoms with Gasteiger partial charge in [-0.3, -0.25) is 4.90 Å². The molecule has 1 fully saturated rings. The van der Waals surface area contributed by atoms with Crippen LogP contribution in [0, 0.1) is 0 Å². The number of hydrogen-bond donors (Lipinski definition) is 1. The van der Waals surface area contributed by atoms with E-state index in [2.05, 4.69) is 54.2 Å². The fraction of sp³-hybridized carbons (Fsp3) is 0.500. The number of nitrogens with one attached hydrogen (secondary N) is 1. The zero-order valence-corrected chi connectivity index (χ0v) is 15.3. The number of hydrogen-bond acceptors (Lipinski definition) is 3. The van der Waals surface area contributed by atoms with Gasteiger partial charge in [0.25, 0.3) is 0 Å². The van der Waals surface area contributed by atoms with Crippen molar-refractivity contribution in [1.29, 1.82) is 0 Å². The van der Waals surface area contributed by atoms with Crippen molar-refractivity contribution in [2.24, 2.45) is 0 Å². The standard InChI is InChI=1S/C16H24N2S.2ClH/c1-13(2)12-16(18-10-8-17-9-11-18)14-4-6-15(19-3)7-5-14;;/h4-7,16-17H,1,8-12H2,2-3H3;2*1H/t16-;;/m1../s1. The summed E-state index contributed by atoms with van der Waals surface area (Å²) < 4.78 is 0. The molecule has 1 aromatic carbocycles. The summed E-state index contributed by atoms with van der Waals surface area (Å²) in [6, 6.07) is 9.50. The van der Waals surface area contributed by atoms with Gasteiger partial charge < -0.3 is 5.32 Å². The van der Waals surface area contributed by atoms with E-state index < -0.39 is 0 Å². The molecule has 21 heavy (non-hydrogen) atoms. The van der Waals surface area contributed by atoms with Crippen molar-refractivity contribution >= 4 is 36.6 Å². The fourth-order valence-corrected chi connectivity index (χ4v) is 3.02. The Kier molecular flexibility index (Phi) is 10.4. The number of nitrogens with zero attached hydrogens (tertiary/aromatic N) is 1. The van der Waals surface area contributed by atoms with E-state index in [-0.39, 0.29) is 24.8 Å². The third kappa shape index (κ3) is 6.21. The summed E-state index contributed by atoms with van der Waals surface area (Å²) in [5, 5.41) is 3.43. The van der Waals surface area contributed by atoms with Crippen LogP contribution in [0.2, 0.25) is 0 Å². The lowest BCUT2D eigenvalue weighted by Crippen LogP contribution is -2.45. The normalized spacial score (nSPS) is 16.5. The van der Waals surface area contributed by atoms with Crippen LogP contribution < -0.4 is 5.32 Å². The molecule has 1 heterocycles. The van der Waals surface area contributed by atoms with E-state index in [0.29, 0.717) is 6.04 Å². The van der Waals surface area contributed by atoms with Crippen LogP contribution in [0.3, 0.4) is 0 Å². The van der Waals surface area contributed by atoms with E-state index >= 15 is 0 Å². The van der Waals surface area contributed by atoms with Gasteiger partial charge in [0.2, 0.25) is 0 Å². The number of thioether (sulfide) groups is 1. The minimum atomic E-state index is 0. The summed E-state index contributed by atoms with van der Waals surface area (Å²) in [6.45, 7) is 10.7. The van der Waals surface area contributed by atoms with E-state index in [9.17, 15) is 0 Å². The molecular formula is C16H26Cl2N2S. The molecule has 0 aromatic heterocycles. The number of rotatable bonds is 5. The lowest BCUT2D eigenvalue weighted by molar-refractivity contribution is 0.172. The highest BCUT2D eigenvalue weighted by Crippen LogP contribution is 2.28. The Bertz CT molecular complexity index is 417. The molecule has 120 valence electrons. The first-order chi connectivity index (χ1) is 9.20. The zero-order valence-electron chi connectivity index (χ0n) is 12.8. The highest BCUT2D eigenvalue weighted by Gasteiger charge is 2.21. The molecule has 0 aliphatic carbocycles. The summed E-state index contributed by atoms with van der Waals surface area (Å²) in [5.74, 6) is 0. The van der Waals surface area contributed by atoms with Crippen molar-refractivity contribution in [2.75, 3.05) is 32.4 Å². The molecule has 0 saturated carbocycles. The minimum absolute atomic E-state index is 0. The van der Waals surface area contributed by atoms with Crippen molar-refractivity contribution < 1.29 is 0 Å². The van der Waals surface area contributed by atoms with Gasteiger partial charge in [0.1, 0.15) is 0 Å². The van der Waals surface area contributed by atoms with Crippen molar-refractivity contribution in [2.45, 2.75) is 24.3 Å². The van der Waals surface area contributed by atoms with E-state index in [4.69, 9.17) is 0 Å². The van der Waals surface area contributed by atoms with Gasteiger partial charge in [0.05, 0.1) is 0 Å². The summed E-state index contributed by atoms with van der Waals surface area (Å²) in [7, 11) is 0. The van der Waals surface area contributed by atoms with Crippen LogP contribution in [0.5, 0.6) is 0 Å². The Morgan fingerprint density at radius 3 is 2.29 bits per heavy atom. The van der Waals surface area contributed by atoms with Gasteiger partial charge in [-0.2, -0.15) is 0 Å². The molecule has 0 radical (unpaired) electrons. The number of benzene rings is 1. The lowest BCUT2D eigenvalue weighted by Gasteiger charge is -2.35. The van der Waals surface area contributed by atoms with E-state index in [1.54, 1.807) is 11.8 Å². The maximum absolute atomic E-state index is 4.10.